The topological polar surface area (TPSA) is 32.3 Å². The van der Waals surface area contributed by atoms with Crippen LogP contribution in [0.5, 0.6) is 5.75 Å². The Morgan fingerprint density at radius 1 is 1.56 bits per heavy atom. The number of thioether (sulfide) groups is 1. The summed E-state index contributed by atoms with van der Waals surface area (Å²) < 4.78 is 17.0. The van der Waals surface area contributed by atoms with Crippen LogP contribution in [0, 0.1) is 5.21 Å². The van der Waals surface area contributed by atoms with Crippen LogP contribution in [0.2, 0.25) is 0 Å². The molecule has 5 heteroatoms. The summed E-state index contributed by atoms with van der Waals surface area (Å²) in [5.74, 6) is 0.644. The first-order chi connectivity index (χ1) is 7.61. The largest absolute Gasteiger partial charge is 0.626 e. The van der Waals surface area contributed by atoms with Gasteiger partial charge in [-0.3, -0.25) is 0 Å². The van der Waals surface area contributed by atoms with Crippen LogP contribution in [0.3, 0.4) is 0 Å². The van der Waals surface area contributed by atoms with Crippen LogP contribution >= 0.6 is 11.8 Å². The summed E-state index contributed by atoms with van der Waals surface area (Å²) in [5, 5.41) is 12.3. The minimum absolute atomic E-state index is 0.0334. The molecule has 0 bridgehead atoms. The number of methoxy groups -OCH3 is 1. The fraction of sp³-hybridized carbons (Fsp3) is 0.455. The van der Waals surface area contributed by atoms with E-state index in [0.717, 1.165) is 4.90 Å². The minimum Gasteiger partial charge on any atom is -0.626 e. The number of rotatable bonds is 3. The van der Waals surface area contributed by atoms with Gasteiger partial charge in [0.05, 0.1) is 12.0 Å². The average Bonchev–Trinajstić information content (AvgIpc) is 2.52. The molecule has 0 N–H and O–H groups in total. The molecule has 2 unspecified atom stereocenters. The first-order valence-corrected chi connectivity index (χ1v) is 6.00. The van der Waals surface area contributed by atoms with E-state index in [2.05, 4.69) is 0 Å². The van der Waals surface area contributed by atoms with E-state index in [0.29, 0.717) is 11.4 Å². The number of hydrogen-bond donors (Lipinski definition) is 0. The zero-order valence-electron chi connectivity index (χ0n) is 9.27. The van der Waals surface area contributed by atoms with Gasteiger partial charge in [-0.1, -0.05) is 11.8 Å². The number of hydroxylamine groups is 2. The van der Waals surface area contributed by atoms with Crippen LogP contribution < -0.4 is 9.38 Å². The van der Waals surface area contributed by atoms with E-state index in [1.54, 1.807) is 13.2 Å². The number of fused-ring (bicyclic) bond motifs is 1. The van der Waals surface area contributed by atoms with Gasteiger partial charge in [-0.05, 0) is 19.1 Å². The van der Waals surface area contributed by atoms with E-state index in [-0.39, 0.29) is 11.9 Å². The van der Waals surface area contributed by atoms with Crippen molar-refractivity contribution in [3.05, 3.63) is 23.4 Å². The third kappa shape index (κ3) is 1.69. The summed E-state index contributed by atoms with van der Waals surface area (Å²) in [7, 11) is 1.56. The lowest BCUT2D eigenvalue weighted by molar-refractivity contribution is 0.320. The van der Waals surface area contributed by atoms with Crippen molar-refractivity contribution in [1.29, 1.82) is 0 Å². The van der Waals surface area contributed by atoms with Gasteiger partial charge in [0.15, 0.2) is 5.69 Å². The second-order valence-corrected chi connectivity index (χ2v) is 5.12. The predicted molar refractivity (Wildman–Crippen MR) is 64.3 cm³/mol. The van der Waals surface area contributed by atoms with Crippen molar-refractivity contribution in [3.63, 3.8) is 0 Å². The van der Waals surface area contributed by atoms with Crippen LogP contribution in [0.15, 0.2) is 23.1 Å². The Labute approximate surface area is 98.4 Å². The van der Waals surface area contributed by atoms with Crippen LogP contribution in [0.1, 0.15) is 6.92 Å². The van der Waals surface area contributed by atoms with Gasteiger partial charge in [-0.15, -0.1) is 0 Å². The van der Waals surface area contributed by atoms with E-state index in [9.17, 15) is 9.60 Å². The molecule has 0 aliphatic carbocycles. The highest BCUT2D eigenvalue weighted by molar-refractivity contribution is 8.00. The Hall–Kier alpha value is -0.780. The SMILES string of the molecule is COc1ccc2c(c1)[N+]([O-])(CCF)C(C)S2. The molecule has 16 heavy (non-hydrogen) atoms. The van der Waals surface area contributed by atoms with Gasteiger partial charge < -0.3 is 14.6 Å². The van der Waals surface area contributed by atoms with Crippen molar-refractivity contribution < 1.29 is 9.13 Å². The van der Waals surface area contributed by atoms with Gasteiger partial charge in [-0.2, -0.15) is 0 Å². The lowest BCUT2D eigenvalue weighted by atomic mass is 10.2. The Morgan fingerprint density at radius 2 is 2.31 bits per heavy atom. The molecule has 88 valence electrons. The number of hydrogen-bond acceptors (Lipinski definition) is 3. The molecular formula is C11H14FNO2S. The maximum absolute atomic E-state index is 12.5. The number of halogens is 1. The lowest BCUT2D eigenvalue weighted by Gasteiger charge is -2.41. The summed E-state index contributed by atoms with van der Waals surface area (Å²) >= 11 is 1.49. The van der Waals surface area contributed by atoms with Crippen LogP contribution in [0.4, 0.5) is 10.1 Å². The van der Waals surface area contributed by atoms with Crippen molar-refractivity contribution in [3.8, 4) is 5.75 Å². The van der Waals surface area contributed by atoms with E-state index in [1.807, 2.05) is 19.1 Å². The molecule has 0 aromatic heterocycles. The van der Waals surface area contributed by atoms with E-state index in [4.69, 9.17) is 4.74 Å². The lowest BCUT2D eigenvalue weighted by Crippen LogP contribution is -2.47. The molecule has 0 spiro atoms. The Bertz CT molecular complexity index is 402. The molecule has 0 amide bonds. The molecule has 2 rings (SSSR count). The summed E-state index contributed by atoms with van der Waals surface area (Å²) in [6.07, 6.45) is 0. The molecule has 2 atom stereocenters. The second kappa shape index (κ2) is 4.24. The number of ether oxygens (including phenoxy) is 1. The summed E-state index contributed by atoms with van der Waals surface area (Å²) in [5.41, 5.74) is 0.620. The van der Waals surface area contributed by atoms with E-state index in [1.165, 1.54) is 11.8 Å². The van der Waals surface area contributed by atoms with Gasteiger partial charge >= 0.3 is 0 Å². The number of nitrogens with zero attached hydrogens (tertiary/aromatic N) is 1. The zero-order chi connectivity index (χ0) is 11.8. The van der Waals surface area contributed by atoms with Gasteiger partial charge in [0.2, 0.25) is 0 Å². The third-order valence-electron chi connectivity index (χ3n) is 2.88. The minimum atomic E-state index is -0.606. The van der Waals surface area contributed by atoms with Crippen molar-refractivity contribution >= 4 is 17.4 Å². The smallest absolute Gasteiger partial charge is 0.151 e. The average molecular weight is 243 g/mol. The molecule has 0 radical (unpaired) electrons. The fourth-order valence-corrected chi connectivity index (χ4v) is 3.15. The van der Waals surface area contributed by atoms with Gasteiger partial charge in [0.1, 0.15) is 24.3 Å². The van der Waals surface area contributed by atoms with Crippen molar-refractivity contribution in [2.75, 3.05) is 20.3 Å². The third-order valence-corrected chi connectivity index (χ3v) is 4.16. The van der Waals surface area contributed by atoms with Gasteiger partial charge in [0.25, 0.3) is 0 Å². The molecule has 1 heterocycles. The summed E-state index contributed by atoms with van der Waals surface area (Å²) in [6, 6.07) is 5.41. The van der Waals surface area contributed by atoms with Gasteiger partial charge in [0, 0.05) is 6.07 Å². The standard InChI is InChI=1S/C11H14FNO2S/c1-8-13(14,6-5-12)10-7-9(15-2)3-4-11(10)16-8/h3-4,7-8H,5-6H2,1-2H3. The van der Waals surface area contributed by atoms with E-state index < -0.39 is 11.3 Å². The molecule has 0 saturated carbocycles. The molecule has 1 aromatic rings. The fourth-order valence-electron chi connectivity index (χ4n) is 1.91. The predicted octanol–water partition coefficient (Wildman–Crippen LogP) is 2.92. The van der Waals surface area contributed by atoms with Crippen molar-refractivity contribution in [2.45, 2.75) is 17.2 Å². The van der Waals surface area contributed by atoms with E-state index >= 15 is 0 Å². The van der Waals surface area contributed by atoms with Crippen LogP contribution in [-0.4, -0.2) is 25.7 Å². The summed E-state index contributed by atoms with van der Waals surface area (Å²) in [6.45, 7) is 1.19. The monoisotopic (exact) mass is 243 g/mol. The molecule has 0 saturated heterocycles. The highest BCUT2D eigenvalue weighted by Crippen LogP contribution is 2.49. The zero-order valence-corrected chi connectivity index (χ0v) is 10.1. The van der Waals surface area contributed by atoms with Crippen molar-refractivity contribution in [1.82, 2.24) is 4.65 Å². The molecule has 1 aliphatic rings. The van der Waals surface area contributed by atoms with Crippen molar-refractivity contribution in [2.24, 2.45) is 0 Å². The first-order valence-electron chi connectivity index (χ1n) is 5.12. The normalized spacial score (nSPS) is 27.9. The summed E-state index contributed by atoms with van der Waals surface area (Å²) in [4.78, 5) is 0.928. The molecule has 0 fully saturated rings. The van der Waals surface area contributed by atoms with Crippen LogP contribution in [0.25, 0.3) is 0 Å². The Kier molecular flexibility index (Phi) is 3.10. The highest BCUT2D eigenvalue weighted by atomic mass is 32.2. The molecule has 3 nitrogen and oxygen atoms in total. The highest BCUT2D eigenvalue weighted by Gasteiger charge is 2.38. The number of alkyl halides is 1. The molecular weight excluding hydrogens is 229 g/mol. The first kappa shape index (κ1) is 11.7. The molecule has 1 aromatic carbocycles. The molecule has 1 aliphatic heterocycles. The number of benzene rings is 1. The second-order valence-electron chi connectivity index (χ2n) is 3.76. The maximum atomic E-state index is 12.5. The quantitative estimate of drug-likeness (QED) is 0.604. The Morgan fingerprint density at radius 3 is 2.94 bits per heavy atom. The maximum Gasteiger partial charge on any atom is 0.151 e. The van der Waals surface area contributed by atoms with Gasteiger partial charge in [-0.25, -0.2) is 4.39 Å². The van der Waals surface area contributed by atoms with Crippen LogP contribution in [-0.2, 0) is 0 Å². The number of quaternary nitrogens is 1. The Balaban J connectivity index is 2.45.